The minimum atomic E-state index is -0.0761. The second kappa shape index (κ2) is 7.42. The van der Waals surface area contributed by atoms with Crippen LogP contribution in [0.25, 0.3) is 0 Å². The number of fused-ring (bicyclic) bond motifs is 1. The fraction of sp³-hybridized carbons (Fsp3) is 0.684. The van der Waals surface area contributed by atoms with Gasteiger partial charge in [-0.2, -0.15) is 5.10 Å². The molecule has 2 atom stereocenters. The zero-order valence-electron chi connectivity index (χ0n) is 17.0. The Morgan fingerprint density at radius 1 is 1.28 bits per heavy atom. The van der Waals surface area contributed by atoms with E-state index in [2.05, 4.69) is 32.1 Å². The maximum absolute atomic E-state index is 12.8. The van der Waals surface area contributed by atoms with Crippen molar-refractivity contribution < 1.29 is 9.53 Å². The van der Waals surface area contributed by atoms with E-state index in [4.69, 9.17) is 9.73 Å². The lowest BCUT2D eigenvalue weighted by molar-refractivity contribution is 0.0459. The number of urea groups is 1. The number of nitrogens with one attached hydrogen (secondary N) is 1. The molecule has 4 aliphatic heterocycles. The topological polar surface area (TPSA) is 91.1 Å². The van der Waals surface area contributed by atoms with Crippen LogP contribution in [0.3, 0.4) is 0 Å². The van der Waals surface area contributed by atoms with E-state index >= 15 is 0 Å². The fourth-order valence-corrected chi connectivity index (χ4v) is 4.70. The Labute approximate surface area is 170 Å². The van der Waals surface area contributed by atoms with Crippen LogP contribution in [0.5, 0.6) is 0 Å². The molecule has 5 heterocycles. The van der Waals surface area contributed by atoms with Gasteiger partial charge in [-0.05, 0) is 18.8 Å². The van der Waals surface area contributed by atoms with E-state index in [1.165, 1.54) is 0 Å². The van der Waals surface area contributed by atoms with Crippen LogP contribution in [-0.4, -0.2) is 80.3 Å². The first-order valence-corrected chi connectivity index (χ1v) is 10.4. The summed E-state index contributed by atoms with van der Waals surface area (Å²) in [5.74, 6) is 2.97. The number of hydrogen-bond acceptors (Lipinski definition) is 7. The van der Waals surface area contributed by atoms with Crippen LogP contribution in [0.15, 0.2) is 23.3 Å². The van der Waals surface area contributed by atoms with Crippen molar-refractivity contribution in [3.63, 3.8) is 0 Å². The number of rotatable bonds is 4. The van der Waals surface area contributed by atoms with Crippen molar-refractivity contribution in [3.8, 4) is 0 Å². The molecule has 0 bridgehead atoms. The summed E-state index contributed by atoms with van der Waals surface area (Å²) in [6.45, 7) is 6.85. The van der Waals surface area contributed by atoms with E-state index in [9.17, 15) is 4.79 Å². The van der Waals surface area contributed by atoms with Crippen molar-refractivity contribution in [1.29, 1.82) is 0 Å². The number of carbonyl (C=O) groups is 1. The summed E-state index contributed by atoms with van der Waals surface area (Å²) in [6.07, 6.45) is 5.75. The predicted molar refractivity (Wildman–Crippen MR) is 105 cm³/mol. The van der Waals surface area contributed by atoms with E-state index in [1.54, 1.807) is 15.9 Å². The molecule has 2 unspecified atom stereocenters. The number of ether oxygens (including phenoxy) is 1. The number of amides is 2. The van der Waals surface area contributed by atoms with E-state index in [0.717, 1.165) is 63.2 Å². The van der Waals surface area contributed by atoms with Gasteiger partial charge < -0.3 is 9.64 Å². The molecule has 5 rings (SSSR count). The number of hydrogen-bond donors (Lipinski definition) is 1. The molecular weight excluding hydrogens is 372 g/mol. The molecule has 2 amide bonds. The van der Waals surface area contributed by atoms with Gasteiger partial charge >= 0.3 is 6.03 Å². The normalized spacial score (nSPS) is 28.4. The van der Waals surface area contributed by atoms with E-state index in [1.807, 2.05) is 13.2 Å². The Morgan fingerprint density at radius 3 is 2.86 bits per heavy atom. The van der Waals surface area contributed by atoms with Crippen LogP contribution < -0.4 is 5.32 Å². The van der Waals surface area contributed by atoms with Crippen LogP contribution in [0.2, 0.25) is 0 Å². The lowest BCUT2D eigenvalue weighted by Gasteiger charge is -2.32. The smallest absolute Gasteiger partial charge is 0.329 e. The third-order valence-corrected chi connectivity index (χ3v) is 6.29. The summed E-state index contributed by atoms with van der Waals surface area (Å²) in [5, 5.41) is 7.43. The highest BCUT2D eigenvalue weighted by Crippen LogP contribution is 2.30. The first-order chi connectivity index (χ1) is 14.1. The van der Waals surface area contributed by atoms with Crippen molar-refractivity contribution >= 4 is 11.9 Å². The van der Waals surface area contributed by atoms with Crippen molar-refractivity contribution in [3.05, 3.63) is 24.2 Å². The van der Waals surface area contributed by atoms with Crippen molar-refractivity contribution in [2.75, 3.05) is 33.0 Å². The highest BCUT2D eigenvalue weighted by atomic mass is 16.5. The molecule has 0 saturated carbocycles. The molecule has 29 heavy (non-hydrogen) atoms. The van der Waals surface area contributed by atoms with Gasteiger partial charge in [-0.25, -0.2) is 14.8 Å². The number of aryl methyl sites for hydroxylation is 1. The molecule has 1 N–H and O–H groups in total. The number of nitrogens with zero attached hydrogens (tertiary/aromatic N) is 7. The lowest BCUT2D eigenvalue weighted by Crippen LogP contribution is -2.50. The molecule has 0 aliphatic carbocycles. The van der Waals surface area contributed by atoms with Crippen LogP contribution in [0.1, 0.15) is 25.6 Å². The average Bonchev–Trinajstić information content (AvgIpc) is 3.41. The van der Waals surface area contributed by atoms with Gasteiger partial charge in [0.15, 0.2) is 11.6 Å². The van der Waals surface area contributed by atoms with Gasteiger partial charge in [-0.3, -0.25) is 19.8 Å². The molecule has 0 aromatic carbocycles. The van der Waals surface area contributed by atoms with Crippen LogP contribution in [0.4, 0.5) is 4.79 Å². The summed E-state index contributed by atoms with van der Waals surface area (Å²) in [7, 11) is 1.88. The second-order valence-electron chi connectivity index (χ2n) is 8.45. The van der Waals surface area contributed by atoms with E-state index in [0.29, 0.717) is 18.6 Å². The predicted octanol–water partition coefficient (Wildman–Crippen LogP) is 0.558. The summed E-state index contributed by atoms with van der Waals surface area (Å²) < 4.78 is 7.19. The Morgan fingerprint density at radius 2 is 2.10 bits per heavy atom. The van der Waals surface area contributed by atoms with Gasteiger partial charge in [-0.15, -0.1) is 0 Å². The Hall–Kier alpha value is -2.46. The Balaban J connectivity index is 1.29. The van der Waals surface area contributed by atoms with Gasteiger partial charge in [-0.1, -0.05) is 6.92 Å². The van der Waals surface area contributed by atoms with Crippen molar-refractivity contribution in [2.45, 2.75) is 32.4 Å². The minimum absolute atomic E-state index is 0.0761. The van der Waals surface area contributed by atoms with Gasteiger partial charge in [0, 0.05) is 51.5 Å². The molecule has 1 aromatic rings. The number of aliphatic imine (C=N–C) groups is 1. The van der Waals surface area contributed by atoms with Crippen molar-refractivity contribution in [1.82, 2.24) is 34.8 Å². The SMILES string of the molecule is CC1CN(Cc2ncn(C)n2)CC1C1=NC2=CN(C3CCOCC3)CN2C(=O)N1. The van der Waals surface area contributed by atoms with Gasteiger partial charge in [0.2, 0.25) is 0 Å². The number of likely N-dealkylation sites (tertiary alicyclic amines) is 1. The van der Waals surface area contributed by atoms with E-state index < -0.39 is 0 Å². The Kier molecular flexibility index (Phi) is 4.75. The van der Waals surface area contributed by atoms with Gasteiger partial charge in [0.25, 0.3) is 0 Å². The summed E-state index contributed by atoms with van der Waals surface area (Å²) in [5.41, 5.74) is 0. The van der Waals surface area contributed by atoms with Crippen molar-refractivity contribution in [2.24, 2.45) is 23.9 Å². The van der Waals surface area contributed by atoms with E-state index in [-0.39, 0.29) is 11.9 Å². The highest BCUT2D eigenvalue weighted by molar-refractivity contribution is 6.02. The third kappa shape index (κ3) is 3.62. The highest BCUT2D eigenvalue weighted by Gasteiger charge is 2.40. The Bertz CT molecular complexity index is 843. The molecular formula is C19H28N8O2. The quantitative estimate of drug-likeness (QED) is 0.794. The molecule has 1 aromatic heterocycles. The number of aromatic nitrogens is 3. The number of carbonyl (C=O) groups excluding carboxylic acids is 1. The average molecular weight is 400 g/mol. The summed E-state index contributed by atoms with van der Waals surface area (Å²) >= 11 is 0. The molecule has 0 spiro atoms. The maximum Gasteiger partial charge on any atom is 0.329 e. The molecule has 10 nitrogen and oxygen atoms in total. The molecule has 0 radical (unpaired) electrons. The zero-order valence-corrected chi connectivity index (χ0v) is 17.0. The zero-order chi connectivity index (χ0) is 20.0. The molecule has 2 fully saturated rings. The van der Waals surface area contributed by atoms with Crippen LogP contribution in [0, 0.1) is 11.8 Å². The standard InChI is InChI=1S/C19H28N8O2/c1-13-7-25(9-16-20-11-24(2)23-16)8-15(13)18-21-17-10-26(12-27(17)19(28)22-18)14-3-5-29-6-4-14/h10-11,13-15H,3-9,12H2,1-2H3,(H,21,22,28). The van der Waals surface area contributed by atoms with Gasteiger partial charge in [0.05, 0.1) is 6.54 Å². The lowest BCUT2D eigenvalue weighted by atomic mass is 9.96. The largest absolute Gasteiger partial charge is 0.381 e. The first-order valence-electron chi connectivity index (χ1n) is 10.4. The molecule has 4 aliphatic rings. The molecule has 2 saturated heterocycles. The summed E-state index contributed by atoms with van der Waals surface area (Å²) in [6, 6.07) is 0.341. The first kappa shape index (κ1) is 18.6. The van der Waals surface area contributed by atoms with Gasteiger partial charge in [0.1, 0.15) is 18.8 Å². The second-order valence-corrected chi connectivity index (χ2v) is 8.45. The van der Waals surface area contributed by atoms with Crippen LogP contribution >= 0.6 is 0 Å². The fourth-order valence-electron chi connectivity index (χ4n) is 4.70. The number of amidine groups is 1. The summed E-state index contributed by atoms with van der Waals surface area (Å²) in [4.78, 5) is 28.2. The molecule has 156 valence electrons. The minimum Gasteiger partial charge on any atom is -0.381 e. The monoisotopic (exact) mass is 400 g/mol. The third-order valence-electron chi connectivity index (χ3n) is 6.29. The molecule has 10 heteroatoms. The maximum atomic E-state index is 12.8. The van der Waals surface area contributed by atoms with Crippen LogP contribution in [-0.2, 0) is 18.3 Å².